The van der Waals surface area contributed by atoms with Gasteiger partial charge in [-0.2, -0.15) is 31.6 Å². The number of rotatable bonds is 3. The molecule has 0 spiro atoms. The lowest BCUT2D eigenvalue weighted by molar-refractivity contribution is -0.138. The lowest BCUT2D eigenvalue weighted by Gasteiger charge is -2.34. The largest absolute Gasteiger partial charge is 0.443 e. The molecule has 0 unspecified atom stereocenters. The first kappa shape index (κ1) is 29.9. The number of carbonyl (C=O) groups is 3. The lowest BCUT2D eigenvalue weighted by Crippen LogP contribution is -2.51. The van der Waals surface area contributed by atoms with E-state index in [1.165, 1.54) is 19.9 Å². The number of fused-ring (bicyclic) bond motifs is 5. The Balaban J connectivity index is 0.00000387. The second kappa shape index (κ2) is 9.47. The zero-order chi connectivity index (χ0) is 29.4. The maximum atomic E-state index is 13.5. The number of halogens is 6. The summed E-state index contributed by atoms with van der Waals surface area (Å²) >= 11 is 0. The van der Waals surface area contributed by atoms with E-state index in [0.717, 1.165) is 36.4 Å². The van der Waals surface area contributed by atoms with Gasteiger partial charge in [0.15, 0.2) is 0 Å². The molecule has 0 aromatic heterocycles. The molecule has 3 saturated heterocycles. The molecule has 3 aliphatic rings. The molecule has 3 aliphatic heterocycles. The molecule has 5 atom stereocenters. The molecule has 2 bridgehead atoms. The summed E-state index contributed by atoms with van der Waals surface area (Å²) in [5, 5.41) is 11.4. The summed E-state index contributed by atoms with van der Waals surface area (Å²) in [5.74, 6) is -3.91. The summed E-state index contributed by atoms with van der Waals surface area (Å²) in [6.45, 7) is 2.98. The maximum absolute atomic E-state index is 13.5. The van der Waals surface area contributed by atoms with Crippen LogP contribution in [0.5, 0.6) is 0 Å². The smallest absolute Gasteiger partial charge is 0.417 e. The number of imide groups is 1. The van der Waals surface area contributed by atoms with Crippen LogP contribution in [0, 0.1) is 23.2 Å². The summed E-state index contributed by atoms with van der Waals surface area (Å²) < 4.78 is 90.4. The number of carbonyl (C=O) groups excluding carboxylic acids is 3. The molecule has 0 radical (unpaired) electrons. The van der Waals surface area contributed by atoms with Crippen molar-refractivity contribution in [3.63, 3.8) is 0 Å². The van der Waals surface area contributed by atoms with Gasteiger partial charge in [-0.1, -0.05) is 7.43 Å². The minimum absolute atomic E-state index is 0. The van der Waals surface area contributed by atoms with Crippen LogP contribution in [0.25, 0.3) is 0 Å². The van der Waals surface area contributed by atoms with Gasteiger partial charge in [0.1, 0.15) is 11.7 Å². The Morgan fingerprint density at radius 1 is 1.02 bits per heavy atom. The van der Waals surface area contributed by atoms with Crippen molar-refractivity contribution in [3.05, 3.63) is 59.2 Å². The van der Waals surface area contributed by atoms with Crippen molar-refractivity contribution in [1.29, 1.82) is 5.26 Å². The van der Waals surface area contributed by atoms with Crippen LogP contribution >= 0.6 is 0 Å². The zero-order valence-corrected chi connectivity index (χ0v) is 20.7. The molecule has 3 fully saturated rings. The number of amides is 3. The van der Waals surface area contributed by atoms with Crippen LogP contribution in [-0.2, 0) is 31.4 Å². The molecule has 0 aliphatic carbocycles. The van der Waals surface area contributed by atoms with Gasteiger partial charge in [0.2, 0.25) is 11.8 Å². The van der Waals surface area contributed by atoms with E-state index in [1.54, 1.807) is 0 Å². The van der Waals surface area contributed by atoms with Gasteiger partial charge >= 0.3 is 18.4 Å². The van der Waals surface area contributed by atoms with Crippen molar-refractivity contribution < 1.29 is 50.2 Å². The third kappa shape index (κ3) is 4.67. The van der Waals surface area contributed by atoms with Gasteiger partial charge in [0.05, 0.1) is 45.9 Å². The minimum Gasteiger partial charge on any atom is -0.443 e. The van der Waals surface area contributed by atoms with Gasteiger partial charge in [0, 0.05) is 12.1 Å². The molecule has 3 amide bonds. The highest BCUT2D eigenvalue weighted by molar-refractivity contribution is 6.23. The zero-order valence-electron chi connectivity index (χ0n) is 20.7. The number of hydrogen-bond acceptors (Lipinski definition) is 6. The monoisotopic (exact) mass is 583 g/mol. The predicted octanol–water partition coefficient (Wildman–Crippen LogP) is 5.91. The van der Waals surface area contributed by atoms with Gasteiger partial charge in [-0.3, -0.25) is 14.9 Å². The van der Waals surface area contributed by atoms with Crippen LogP contribution in [0.2, 0.25) is 0 Å². The number of ether oxygens (including phenoxy) is 2. The summed E-state index contributed by atoms with van der Waals surface area (Å²) in [7, 11) is 0. The number of nitriles is 1. The number of alkyl halides is 6. The molecule has 218 valence electrons. The second-order valence-electron chi connectivity index (χ2n) is 10.2. The minimum atomic E-state index is -4.91. The Morgan fingerprint density at radius 2 is 1.63 bits per heavy atom. The molecule has 3 heterocycles. The molecule has 1 N–H and O–H groups in total. The Kier molecular flexibility index (Phi) is 6.90. The molecule has 8 nitrogen and oxygen atoms in total. The molecule has 0 saturated carbocycles. The van der Waals surface area contributed by atoms with E-state index in [9.17, 15) is 40.7 Å². The Labute approximate surface area is 229 Å². The molecule has 41 heavy (non-hydrogen) atoms. The van der Waals surface area contributed by atoms with E-state index in [0.29, 0.717) is 11.0 Å². The summed E-state index contributed by atoms with van der Waals surface area (Å²) in [4.78, 5) is 40.1. The van der Waals surface area contributed by atoms with E-state index in [2.05, 4.69) is 5.32 Å². The molecule has 2 aromatic carbocycles. The summed E-state index contributed by atoms with van der Waals surface area (Å²) in [6, 6.07) is 7.55. The fourth-order valence-electron chi connectivity index (χ4n) is 5.93. The second-order valence-corrected chi connectivity index (χ2v) is 10.2. The van der Waals surface area contributed by atoms with E-state index >= 15 is 0 Å². The number of benzene rings is 2. The van der Waals surface area contributed by atoms with E-state index in [-0.39, 0.29) is 25.2 Å². The highest BCUT2D eigenvalue weighted by Gasteiger charge is 2.77. The normalized spacial score (nSPS) is 28.7. The fraction of sp³-hybridized carbons (Fsp3) is 0.407. The number of hydrogen-bond donors (Lipinski definition) is 1. The Morgan fingerprint density at radius 3 is 2.20 bits per heavy atom. The molecule has 2 aromatic rings. The first-order chi connectivity index (χ1) is 18.5. The van der Waals surface area contributed by atoms with Gasteiger partial charge in [-0.15, -0.1) is 0 Å². The highest BCUT2D eigenvalue weighted by Crippen LogP contribution is 2.62. The first-order valence-corrected chi connectivity index (χ1v) is 11.8. The van der Waals surface area contributed by atoms with Crippen molar-refractivity contribution in [2.75, 3.05) is 10.2 Å². The van der Waals surface area contributed by atoms with E-state index in [1.807, 2.05) is 0 Å². The average Bonchev–Trinajstić information content (AvgIpc) is 3.37. The SMILES string of the molecule is C.C[C@]12O[C@](C)(C[C@@H]1OC(=O)Nc1ccc(C(F)(F)F)cc1)[C@@H]1C(=O)N(c3ccc(C#N)c(C(F)(F)F)c3)C(=O)[C@@H]12. The number of nitrogens with zero attached hydrogens (tertiary/aromatic N) is 2. The van der Waals surface area contributed by atoms with Crippen molar-refractivity contribution in [1.82, 2.24) is 0 Å². The summed E-state index contributed by atoms with van der Waals surface area (Å²) in [5.41, 5.74) is -6.08. The van der Waals surface area contributed by atoms with Crippen LogP contribution in [0.1, 0.15) is 44.4 Å². The predicted molar refractivity (Wildman–Crippen MR) is 130 cm³/mol. The van der Waals surface area contributed by atoms with Crippen LogP contribution in [0.3, 0.4) is 0 Å². The van der Waals surface area contributed by atoms with Gasteiger partial charge in [0.25, 0.3) is 0 Å². The third-order valence-electron chi connectivity index (χ3n) is 7.66. The number of anilines is 2. The van der Waals surface area contributed by atoms with E-state index in [4.69, 9.17) is 14.7 Å². The van der Waals surface area contributed by atoms with E-state index < -0.39 is 76.1 Å². The van der Waals surface area contributed by atoms with Gasteiger partial charge in [-0.05, 0) is 56.3 Å². The van der Waals surface area contributed by atoms with Crippen LogP contribution in [0.4, 0.5) is 42.5 Å². The topological polar surface area (TPSA) is 109 Å². The van der Waals surface area contributed by atoms with Crippen LogP contribution in [0.15, 0.2) is 42.5 Å². The fourth-order valence-corrected chi connectivity index (χ4v) is 5.93. The van der Waals surface area contributed by atoms with Crippen molar-refractivity contribution >= 4 is 29.3 Å². The number of nitrogens with one attached hydrogen (secondary N) is 1. The Hall–Kier alpha value is -4.12. The Bertz CT molecular complexity index is 1470. The molecular weight excluding hydrogens is 560 g/mol. The van der Waals surface area contributed by atoms with Crippen LogP contribution in [-0.4, -0.2) is 35.2 Å². The molecule has 5 rings (SSSR count). The van der Waals surface area contributed by atoms with Crippen molar-refractivity contribution in [2.45, 2.75) is 57.4 Å². The molecule has 14 heteroatoms. The maximum Gasteiger partial charge on any atom is 0.417 e. The first-order valence-electron chi connectivity index (χ1n) is 11.8. The lowest BCUT2D eigenvalue weighted by atomic mass is 9.67. The third-order valence-corrected chi connectivity index (χ3v) is 7.66. The van der Waals surface area contributed by atoms with Crippen molar-refractivity contribution in [3.8, 4) is 6.07 Å². The van der Waals surface area contributed by atoms with Crippen molar-refractivity contribution in [2.24, 2.45) is 11.8 Å². The highest BCUT2D eigenvalue weighted by atomic mass is 19.4. The summed E-state index contributed by atoms with van der Waals surface area (Å²) in [6.07, 6.45) is -11.6. The van der Waals surface area contributed by atoms with Gasteiger partial charge < -0.3 is 9.47 Å². The molecular formula is C27H23F6N3O5. The standard InChI is InChI=1S/C26H19F6N3O5.CH4/c1-23-10-17(39-22(38)34-14-6-4-13(5-7-14)25(27,28)29)24(2,40-23)19-18(23)20(36)35(21(19)37)15-8-3-12(11-33)16(9-15)26(30,31)32;/h3-9,17-19H,10H2,1-2H3,(H,34,38);1H4/t17-,18-,19+,23+,24-;/m0./s1. The average molecular weight is 583 g/mol. The van der Waals surface area contributed by atoms with Gasteiger partial charge in [-0.25, -0.2) is 9.69 Å². The quantitative estimate of drug-likeness (QED) is 0.356. The van der Waals surface area contributed by atoms with Crippen LogP contribution < -0.4 is 10.2 Å².